The first-order chi connectivity index (χ1) is 20.5. The van der Waals surface area contributed by atoms with Crippen LogP contribution >= 0.6 is 22.7 Å². The Morgan fingerprint density at radius 1 is 0.833 bits per heavy atom. The molecule has 0 spiro atoms. The highest BCUT2D eigenvalue weighted by Crippen LogP contribution is 2.41. The van der Waals surface area contributed by atoms with Gasteiger partial charge in [-0.25, -0.2) is 9.97 Å². The maximum Gasteiger partial charge on any atom is 0.171 e. The molecule has 1 aromatic carbocycles. The highest BCUT2D eigenvalue weighted by Gasteiger charge is 2.21. The predicted octanol–water partition coefficient (Wildman–Crippen LogP) is 8.89. The molecule has 4 aromatic rings. The van der Waals surface area contributed by atoms with Crippen LogP contribution in [0.2, 0.25) is 0 Å². The molecule has 0 aliphatic rings. The molecular weight excluding hydrogens is 575 g/mol. The Morgan fingerprint density at radius 2 is 1.43 bits per heavy atom. The first-order valence-corrected chi connectivity index (χ1v) is 15.4. The molecule has 3 heterocycles. The van der Waals surface area contributed by atoms with Gasteiger partial charge in [0.2, 0.25) is 0 Å². The van der Waals surface area contributed by atoms with E-state index in [1.807, 2.05) is 47.8 Å². The number of nitrogen functional groups attached to an aromatic ring is 1. The fourth-order valence-corrected chi connectivity index (χ4v) is 6.56. The van der Waals surface area contributed by atoms with E-state index in [9.17, 15) is 4.21 Å². The van der Waals surface area contributed by atoms with E-state index in [2.05, 4.69) is 96.3 Å². The van der Waals surface area contributed by atoms with Crippen LogP contribution in [0.3, 0.4) is 0 Å². The monoisotopic (exact) mass is 601 g/mol. The van der Waals surface area contributed by atoms with Gasteiger partial charge in [0.05, 0.1) is 32.4 Å². The second kappa shape index (κ2) is 19.1. The van der Waals surface area contributed by atoms with Gasteiger partial charge in [-0.1, -0.05) is 72.7 Å². The van der Waals surface area contributed by atoms with E-state index < -0.39 is 10.8 Å². The van der Waals surface area contributed by atoms with E-state index in [0.717, 1.165) is 39.2 Å². The molecule has 4 rings (SSSR count). The summed E-state index contributed by atoms with van der Waals surface area (Å²) in [5, 5.41) is 2.82. The van der Waals surface area contributed by atoms with Crippen LogP contribution in [0.15, 0.2) is 141 Å². The molecule has 0 aliphatic carbocycles. The van der Waals surface area contributed by atoms with Gasteiger partial charge in [-0.3, -0.25) is 4.21 Å². The van der Waals surface area contributed by atoms with Crippen molar-refractivity contribution in [3.8, 4) is 22.0 Å². The van der Waals surface area contributed by atoms with Gasteiger partial charge in [0.15, 0.2) is 5.82 Å². The topological polar surface area (TPSA) is 68.9 Å². The second-order valence-corrected chi connectivity index (χ2v) is 11.4. The van der Waals surface area contributed by atoms with Crippen molar-refractivity contribution in [3.63, 3.8) is 0 Å². The van der Waals surface area contributed by atoms with Gasteiger partial charge >= 0.3 is 0 Å². The summed E-state index contributed by atoms with van der Waals surface area (Å²) in [4.78, 5) is 11.4. The van der Waals surface area contributed by atoms with Crippen LogP contribution in [0, 0.1) is 0 Å². The molecule has 0 bridgehead atoms. The van der Waals surface area contributed by atoms with Crippen LogP contribution in [0.5, 0.6) is 0 Å². The highest BCUT2D eigenvalue weighted by molar-refractivity contribution is 7.87. The average molecular weight is 602 g/mol. The van der Waals surface area contributed by atoms with Crippen molar-refractivity contribution in [3.05, 3.63) is 137 Å². The number of anilines is 1. The van der Waals surface area contributed by atoms with Crippen LogP contribution in [0.1, 0.15) is 19.8 Å². The third kappa shape index (κ3) is 10.2. The molecule has 0 fully saturated rings. The van der Waals surface area contributed by atoms with E-state index in [1.54, 1.807) is 11.3 Å². The molecule has 7 heteroatoms. The summed E-state index contributed by atoms with van der Waals surface area (Å²) in [7, 11) is -1.11. The predicted molar refractivity (Wildman–Crippen MR) is 178 cm³/mol. The van der Waals surface area contributed by atoms with Gasteiger partial charge in [0.25, 0.3) is 0 Å². The zero-order chi connectivity index (χ0) is 30.6. The van der Waals surface area contributed by atoms with E-state index in [4.69, 9.17) is 15.7 Å². The normalized spacial score (nSPS) is 9.26. The number of rotatable bonds is 6. The number of aromatic nitrogens is 2. The van der Waals surface area contributed by atoms with Gasteiger partial charge in [0, 0.05) is 11.3 Å². The third-order valence-electron chi connectivity index (χ3n) is 4.90. The lowest BCUT2D eigenvalue weighted by molar-refractivity contribution is 0.681. The van der Waals surface area contributed by atoms with Crippen LogP contribution < -0.4 is 5.73 Å². The zero-order valence-electron chi connectivity index (χ0n) is 23.2. The maximum absolute atomic E-state index is 12.8. The number of thiophene rings is 2. The van der Waals surface area contributed by atoms with E-state index in [-0.39, 0.29) is 0 Å². The lowest BCUT2D eigenvalue weighted by Gasteiger charge is -2.06. The van der Waals surface area contributed by atoms with E-state index >= 15 is 0 Å². The number of hydrogen-bond acceptors (Lipinski definition) is 6. The number of nitrogens with two attached hydrogens (primary N) is 1. The molecule has 0 saturated heterocycles. The first kappa shape index (κ1) is 33.2. The molecule has 0 amide bonds. The molecule has 4 nitrogen and oxygen atoms in total. The Labute approximate surface area is 257 Å². The van der Waals surface area contributed by atoms with Gasteiger partial charge in [-0.2, -0.15) is 0 Å². The van der Waals surface area contributed by atoms with Crippen molar-refractivity contribution in [2.45, 2.75) is 24.0 Å². The average Bonchev–Trinajstić information content (AvgIpc) is 3.68. The Balaban J connectivity index is 0.000000341. The van der Waals surface area contributed by atoms with Crippen molar-refractivity contribution in [1.82, 2.24) is 9.97 Å². The van der Waals surface area contributed by atoms with Crippen LogP contribution in [-0.4, -0.2) is 19.9 Å². The van der Waals surface area contributed by atoms with Gasteiger partial charge in [-0.05, 0) is 84.3 Å². The van der Waals surface area contributed by atoms with E-state index in [1.165, 1.54) is 11.3 Å². The van der Waals surface area contributed by atoms with Gasteiger partial charge < -0.3 is 5.73 Å². The molecule has 0 aliphatic heterocycles. The van der Waals surface area contributed by atoms with Gasteiger partial charge in [0.1, 0.15) is 9.04 Å². The summed E-state index contributed by atoms with van der Waals surface area (Å²) in [6.45, 7) is 15.1. The highest BCUT2D eigenvalue weighted by atomic mass is 32.2. The molecule has 0 saturated carbocycles. The van der Waals surface area contributed by atoms with Crippen molar-refractivity contribution >= 4 is 49.4 Å². The zero-order valence-corrected chi connectivity index (χ0v) is 25.6. The minimum absolute atomic E-state index is 0.556. The van der Waals surface area contributed by atoms with Gasteiger partial charge in [-0.15, -0.1) is 22.7 Å². The Bertz CT molecular complexity index is 1900. The standard InChI is InChI=1S/C20H19N3OS3.C8H4.C7H4/c1-2-3-12-27(24)20-16(21)15-17(13-8-5-4-6-9-13)22-18(23-19(15)26-20)14-10-7-11-25-14;1-3-5-7-8-6-4-2;1-3-5-7-6-4-2/h4-11H,2-3,12,21H2,1H3;1-2H2;1-2H2. The van der Waals surface area contributed by atoms with E-state index in [0.29, 0.717) is 21.5 Å². The molecule has 2 N–H and O–H groups in total. The molecular formula is C35H27N3OS3. The summed E-state index contributed by atoms with van der Waals surface area (Å²) in [5.41, 5.74) is 35.3. The lowest BCUT2D eigenvalue weighted by atomic mass is 10.1. The minimum atomic E-state index is -1.11. The lowest BCUT2D eigenvalue weighted by Crippen LogP contribution is -1.99. The fraction of sp³-hybridized carbons (Fsp3) is 0.114. The van der Waals surface area contributed by atoms with Crippen molar-refractivity contribution in [2.24, 2.45) is 0 Å². The maximum atomic E-state index is 12.8. The molecule has 0 radical (unpaired) electrons. The largest absolute Gasteiger partial charge is 0.396 e. The smallest absolute Gasteiger partial charge is 0.171 e. The van der Waals surface area contributed by atoms with Crippen molar-refractivity contribution < 1.29 is 4.21 Å². The Hall–Kier alpha value is -5.03. The Morgan fingerprint density at radius 3 is 1.95 bits per heavy atom. The number of benzene rings is 1. The van der Waals surface area contributed by atoms with Crippen LogP contribution in [0.25, 0.3) is 32.2 Å². The number of fused-ring (bicyclic) bond motifs is 1. The molecule has 206 valence electrons. The minimum Gasteiger partial charge on any atom is -0.396 e. The SMILES string of the molecule is C=C=C=C=C=C=C.C=C=C=C=C=C=C=C.CCCCS(=O)c1sc2nc(-c3cccs3)nc(-c3ccccc3)c2c1N. The molecule has 1 unspecified atom stereocenters. The summed E-state index contributed by atoms with van der Waals surface area (Å²) >= 11 is 3.04. The van der Waals surface area contributed by atoms with Crippen LogP contribution in [0.4, 0.5) is 5.69 Å². The number of unbranched alkanes of at least 4 members (excludes halogenated alkanes) is 1. The number of hydrogen-bond donors (Lipinski definition) is 1. The molecule has 3 aromatic heterocycles. The van der Waals surface area contributed by atoms with Crippen molar-refractivity contribution in [1.29, 1.82) is 0 Å². The fourth-order valence-electron chi connectivity index (χ4n) is 3.13. The first-order valence-electron chi connectivity index (χ1n) is 12.4. The third-order valence-corrected chi connectivity index (χ3v) is 8.76. The second-order valence-electron chi connectivity index (χ2n) is 7.71. The summed E-state index contributed by atoms with van der Waals surface area (Å²) < 4.78 is 13.5. The summed E-state index contributed by atoms with van der Waals surface area (Å²) in [5.74, 6) is 1.31. The summed E-state index contributed by atoms with van der Waals surface area (Å²) in [6, 6.07) is 14.0. The summed E-state index contributed by atoms with van der Waals surface area (Å²) in [6.07, 6.45) is 1.92. The van der Waals surface area contributed by atoms with Crippen molar-refractivity contribution in [2.75, 3.05) is 11.5 Å². The Kier molecular flexibility index (Phi) is 15.1. The molecule has 42 heavy (non-hydrogen) atoms. The molecule has 1 atom stereocenters. The quantitative estimate of drug-likeness (QED) is 0.224. The van der Waals surface area contributed by atoms with Crippen LogP contribution in [-0.2, 0) is 10.8 Å². The number of nitrogens with zero attached hydrogens (tertiary/aromatic N) is 2.